The summed E-state index contributed by atoms with van der Waals surface area (Å²) in [5.41, 5.74) is 1.66. The number of rotatable bonds is 7. The van der Waals surface area contributed by atoms with E-state index in [2.05, 4.69) is 38.0 Å². The average molecular weight is 581 g/mol. The van der Waals surface area contributed by atoms with Gasteiger partial charge in [0, 0.05) is 52.3 Å². The van der Waals surface area contributed by atoms with Gasteiger partial charge in [-0.1, -0.05) is 54.0 Å². The molecule has 1 aromatic heterocycles. The first-order valence-corrected chi connectivity index (χ1v) is 14.8. The molecule has 3 heterocycles. The fraction of sp³-hybridized carbons (Fsp3) is 0.531. The van der Waals surface area contributed by atoms with Crippen LogP contribution in [0.3, 0.4) is 0 Å². The molecule has 6 amide bonds. The molecule has 0 spiro atoms. The van der Waals surface area contributed by atoms with E-state index in [-0.39, 0.29) is 31.2 Å². The molecular formula is C32H48N6O4. The second-order valence-electron chi connectivity index (χ2n) is 12.0. The summed E-state index contributed by atoms with van der Waals surface area (Å²) in [7, 11) is 3.27. The van der Waals surface area contributed by atoms with Crippen molar-refractivity contribution in [1.29, 1.82) is 0 Å². The van der Waals surface area contributed by atoms with Gasteiger partial charge in [-0.15, -0.1) is 0 Å². The van der Waals surface area contributed by atoms with Crippen molar-refractivity contribution in [3.63, 3.8) is 0 Å². The molecule has 2 aromatic rings. The number of fused-ring (bicyclic) bond motifs is 1. The van der Waals surface area contributed by atoms with Crippen molar-refractivity contribution < 1.29 is 20.6 Å². The fourth-order valence-corrected chi connectivity index (χ4v) is 5.22. The second kappa shape index (κ2) is 12.9. The van der Waals surface area contributed by atoms with Gasteiger partial charge in [0.2, 0.25) is 5.91 Å². The third-order valence-electron chi connectivity index (χ3n) is 7.75. The van der Waals surface area contributed by atoms with Crippen LogP contribution >= 0.6 is 0 Å². The van der Waals surface area contributed by atoms with E-state index in [0.29, 0.717) is 30.9 Å². The summed E-state index contributed by atoms with van der Waals surface area (Å²) >= 11 is 0. The zero-order valence-corrected chi connectivity index (χ0v) is 26.6. The van der Waals surface area contributed by atoms with Crippen LogP contribution in [0.2, 0.25) is 0 Å². The van der Waals surface area contributed by atoms with Crippen LogP contribution in [0.5, 0.6) is 0 Å². The van der Waals surface area contributed by atoms with Gasteiger partial charge in [-0.25, -0.2) is 19.5 Å². The highest BCUT2D eigenvalue weighted by Gasteiger charge is 2.54. The van der Waals surface area contributed by atoms with Crippen LogP contribution in [-0.2, 0) is 21.5 Å². The highest BCUT2D eigenvalue weighted by molar-refractivity contribution is 6.23. The van der Waals surface area contributed by atoms with Gasteiger partial charge < -0.3 is 14.7 Å². The number of carbonyl (C=O) groups excluding carboxylic acids is 4. The van der Waals surface area contributed by atoms with Crippen LogP contribution < -0.4 is 15.1 Å². The molecule has 1 atom stereocenters. The number of amides is 6. The molecule has 1 unspecified atom stereocenters. The van der Waals surface area contributed by atoms with Gasteiger partial charge in [-0.3, -0.25) is 14.9 Å². The first-order valence-electron chi connectivity index (χ1n) is 14.8. The maximum absolute atomic E-state index is 13.9. The Morgan fingerprint density at radius 1 is 1.05 bits per heavy atom. The topological polar surface area (TPSA) is 106 Å². The Balaban J connectivity index is 0.00000155. The number of aromatic nitrogens is 1. The Morgan fingerprint density at radius 3 is 2.31 bits per heavy atom. The quantitative estimate of drug-likeness (QED) is 0.382. The minimum absolute atomic E-state index is 0. The lowest BCUT2D eigenvalue weighted by Gasteiger charge is -2.30. The van der Waals surface area contributed by atoms with Crippen molar-refractivity contribution in [3.05, 3.63) is 47.7 Å². The summed E-state index contributed by atoms with van der Waals surface area (Å²) in [6.45, 7) is 14.8. The van der Waals surface area contributed by atoms with Crippen LogP contribution in [0.1, 0.15) is 86.7 Å². The predicted octanol–water partition coefficient (Wildman–Crippen LogP) is 6.40. The molecule has 0 saturated carbocycles. The van der Waals surface area contributed by atoms with E-state index < -0.39 is 11.6 Å². The Morgan fingerprint density at radius 2 is 1.71 bits per heavy atom. The summed E-state index contributed by atoms with van der Waals surface area (Å²) in [6, 6.07) is 8.24. The van der Waals surface area contributed by atoms with Gasteiger partial charge in [0.25, 0.3) is 5.91 Å². The molecule has 42 heavy (non-hydrogen) atoms. The van der Waals surface area contributed by atoms with Crippen molar-refractivity contribution in [3.8, 4) is 0 Å². The van der Waals surface area contributed by atoms with Crippen molar-refractivity contribution in [2.45, 2.75) is 91.6 Å². The zero-order valence-electron chi connectivity index (χ0n) is 26.6. The normalized spacial score (nSPS) is 18.9. The first-order chi connectivity index (χ1) is 19.7. The van der Waals surface area contributed by atoms with E-state index >= 15 is 0 Å². The van der Waals surface area contributed by atoms with Crippen molar-refractivity contribution in [1.82, 2.24) is 14.8 Å². The molecule has 10 heteroatoms. The Hall–Kier alpha value is -3.95. The highest BCUT2D eigenvalue weighted by Crippen LogP contribution is 2.44. The number of nitrogens with one attached hydrogen (secondary N) is 1. The summed E-state index contributed by atoms with van der Waals surface area (Å²) in [5, 5.41) is 2.71. The SMILES string of the molecule is CCC.CCCC(=O)N1CC(C)(C)c2ccc(N3C(=O)N(Cc4ccnc(NC(=O)N(C)C)c4)C(C)(CC)C3=O)cc21.[HH]. The minimum Gasteiger partial charge on any atom is -0.331 e. The maximum Gasteiger partial charge on any atom is 0.332 e. The molecular weight excluding hydrogens is 532 g/mol. The maximum atomic E-state index is 13.9. The summed E-state index contributed by atoms with van der Waals surface area (Å²) in [5.74, 6) is 0.0848. The lowest BCUT2D eigenvalue weighted by atomic mass is 9.87. The van der Waals surface area contributed by atoms with Gasteiger partial charge in [0.1, 0.15) is 11.4 Å². The van der Waals surface area contributed by atoms with Crippen LogP contribution in [0.15, 0.2) is 36.5 Å². The van der Waals surface area contributed by atoms with E-state index in [1.165, 1.54) is 16.2 Å². The van der Waals surface area contributed by atoms with Gasteiger partial charge in [-0.2, -0.15) is 0 Å². The van der Waals surface area contributed by atoms with E-state index in [1.807, 2.05) is 19.9 Å². The lowest BCUT2D eigenvalue weighted by Crippen LogP contribution is -2.46. The number of pyridine rings is 1. The molecule has 0 aliphatic carbocycles. The number of hydrogen-bond donors (Lipinski definition) is 1. The van der Waals surface area contributed by atoms with E-state index in [1.54, 1.807) is 61.3 Å². The molecule has 4 rings (SSSR count). The van der Waals surface area contributed by atoms with Gasteiger partial charge in [0.05, 0.1) is 5.69 Å². The Bertz CT molecular complexity index is 1350. The largest absolute Gasteiger partial charge is 0.332 e. The second-order valence-corrected chi connectivity index (χ2v) is 12.0. The molecule has 1 N–H and O–H groups in total. The van der Waals surface area contributed by atoms with E-state index in [9.17, 15) is 19.2 Å². The van der Waals surface area contributed by atoms with E-state index in [4.69, 9.17) is 0 Å². The van der Waals surface area contributed by atoms with Crippen LogP contribution in [-0.4, -0.2) is 64.8 Å². The smallest absolute Gasteiger partial charge is 0.331 e. The van der Waals surface area contributed by atoms with Gasteiger partial charge in [0.15, 0.2) is 0 Å². The number of carbonyl (C=O) groups is 4. The number of urea groups is 2. The molecule has 230 valence electrons. The number of nitrogens with zero attached hydrogens (tertiary/aromatic N) is 5. The first kappa shape index (κ1) is 32.6. The zero-order chi connectivity index (χ0) is 31.4. The summed E-state index contributed by atoms with van der Waals surface area (Å²) in [6.07, 6.45) is 4.41. The molecule has 1 saturated heterocycles. The monoisotopic (exact) mass is 580 g/mol. The van der Waals surface area contributed by atoms with Gasteiger partial charge >= 0.3 is 12.1 Å². The molecule has 1 fully saturated rings. The van der Waals surface area contributed by atoms with Crippen molar-refractivity contribution in [2.75, 3.05) is 35.8 Å². The number of hydrogen-bond acceptors (Lipinski definition) is 5. The minimum atomic E-state index is -1.07. The number of benzene rings is 1. The van der Waals surface area contributed by atoms with Crippen molar-refractivity contribution >= 4 is 41.1 Å². The highest BCUT2D eigenvalue weighted by atomic mass is 16.2. The lowest BCUT2D eigenvalue weighted by molar-refractivity contribution is -0.124. The van der Waals surface area contributed by atoms with Crippen LogP contribution in [0, 0.1) is 0 Å². The summed E-state index contributed by atoms with van der Waals surface area (Å²) in [4.78, 5) is 62.8. The number of anilines is 3. The standard InChI is InChI=1S/C29H38N6O4.C3H8.H2/c1-8-10-24(36)33-18-28(3,4)21-12-11-20(16-22(21)33)35-25(37)29(5,9-2)34(27(35)39)17-19-13-14-30-23(15-19)31-26(38)32(6)7;1-3-2;/h11-16H,8-10,17-18H2,1-7H3,(H,30,31,38);3H2,1-2H3;1H. The Kier molecular flexibility index (Phi) is 10.0. The molecule has 0 radical (unpaired) electrons. The Labute approximate surface area is 251 Å². The third kappa shape index (κ3) is 6.27. The molecule has 1 aromatic carbocycles. The third-order valence-corrected chi connectivity index (χ3v) is 7.75. The van der Waals surface area contributed by atoms with Gasteiger partial charge in [-0.05, 0) is 55.2 Å². The van der Waals surface area contributed by atoms with Crippen molar-refractivity contribution in [2.24, 2.45) is 0 Å². The molecule has 0 bridgehead atoms. The summed E-state index contributed by atoms with van der Waals surface area (Å²) < 4.78 is 0. The number of imide groups is 1. The average Bonchev–Trinajstić information content (AvgIpc) is 3.31. The molecule has 10 nitrogen and oxygen atoms in total. The fourth-order valence-electron chi connectivity index (χ4n) is 5.22. The molecule has 2 aliphatic rings. The predicted molar refractivity (Wildman–Crippen MR) is 169 cm³/mol. The van der Waals surface area contributed by atoms with E-state index in [0.717, 1.165) is 23.2 Å². The molecule has 2 aliphatic heterocycles. The van der Waals surface area contributed by atoms with Crippen LogP contribution in [0.25, 0.3) is 0 Å². The van der Waals surface area contributed by atoms with Crippen LogP contribution in [0.4, 0.5) is 26.8 Å².